The highest BCUT2D eigenvalue weighted by Crippen LogP contribution is 2.33. The second kappa shape index (κ2) is 12.8. The van der Waals surface area contributed by atoms with Crippen molar-refractivity contribution >= 4 is 35.8 Å². The van der Waals surface area contributed by atoms with Crippen LogP contribution in [0.15, 0.2) is 4.99 Å². The molecule has 0 radical (unpaired) electrons. The maximum absolute atomic E-state index is 11.8. The second-order valence-electron chi connectivity index (χ2n) is 8.17. The van der Waals surface area contributed by atoms with Gasteiger partial charge in [0.25, 0.3) is 0 Å². The van der Waals surface area contributed by atoms with E-state index in [4.69, 9.17) is 4.74 Å². The van der Waals surface area contributed by atoms with Gasteiger partial charge in [-0.05, 0) is 24.7 Å². The van der Waals surface area contributed by atoms with Gasteiger partial charge in [-0.25, -0.2) is 4.99 Å². The van der Waals surface area contributed by atoms with Crippen molar-refractivity contribution in [2.24, 2.45) is 16.3 Å². The van der Waals surface area contributed by atoms with Crippen LogP contribution in [0.5, 0.6) is 0 Å². The van der Waals surface area contributed by atoms with Crippen molar-refractivity contribution in [1.82, 2.24) is 15.5 Å². The number of nitrogens with one attached hydrogen (secondary N) is 2. The lowest BCUT2D eigenvalue weighted by molar-refractivity contribution is -0.127. The molecule has 1 heterocycles. The molecule has 2 unspecified atom stereocenters. The minimum Gasteiger partial charge on any atom is -0.377 e. The van der Waals surface area contributed by atoms with Crippen molar-refractivity contribution in [2.45, 2.75) is 59.5 Å². The van der Waals surface area contributed by atoms with E-state index in [2.05, 4.69) is 43.3 Å². The predicted octanol–water partition coefficient (Wildman–Crippen LogP) is 2.87. The summed E-state index contributed by atoms with van der Waals surface area (Å²) in [5.41, 5.74) is 0.126. The topological polar surface area (TPSA) is 66.0 Å². The molecule has 1 amide bonds. The molecule has 0 saturated carbocycles. The third-order valence-corrected chi connectivity index (χ3v) is 4.52. The minimum atomic E-state index is 0. The molecule has 0 spiro atoms. The minimum absolute atomic E-state index is 0. The molecule has 0 bridgehead atoms. The number of hydrogen-bond acceptors (Lipinski definition) is 3. The number of ether oxygens (including phenoxy) is 1. The second-order valence-corrected chi connectivity index (χ2v) is 8.17. The maximum Gasteiger partial charge on any atom is 0.243 e. The van der Waals surface area contributed by atoms with Gasteiger partial charge in [-0.1, -0.05) is 34.1 Å². The number of rotatable bonds is 7. The van der Waals surface area contributed by atoms with Gasteiger partial charge >= 0.3 is 0 Å². The Morgan fingerprint density at radius 1 is 1.27 bits per heavy atom. The van der Waals surface area contributed by atoms with E-state index in [-0.39, 0.29) is 47.9 Å². The Morgan fingerprint density at radius 2 is 1.96 bits per heavy atom. The summed E-state index contributed by atoms with van der Waals surface area (Å²) in [5.74, 6) is 1.18. The SMILES string of the molecule is CCCCNC(=NCC(=O)N(C)C)NCC1CCCOC1C(C)(C)C.I. The molecule has 1 rings (SSSR count). The predicted molar refractivity (Wildman–Crippen MR) is 119 cm³/mol. The van der Waals surface area contributed by atoms with Crippen LogP contribution < -0.4 is 10.6 Å². The van der Waals surface area contributed by atoms with E-state index in [1.54, 1.807) is 19.0 Å². The first-order chi connectivity index (χ1) is 11.8. The highest BCUT2D eigenvalue weighted by atomic mass is 127. The molecular formula is C19H39IN4O2. The Morgan fingerprint density at radius 3 is 2.54 bits per heavy atom. The zero-order valence-electron chi connectivity index (χ0n) is 17.4. The third kappa shape index (κ3) is 9.39. The molecule has 1 fully saturated rings. The highest BCUT2D eigenvalue weighted by Gasteiger charge is 2.35. The first-order valence-electron chi connectivity index (χ1n) is 9.59. The number of hydrogen-bond donors (Lipinski definition) is 2. The Balaban J connectivity index is 0.00000625. The fourth-order valence-electron chi connectivity index (χ4n) is 3.08. The number of carbonyl (C=O) groups excluding carboxylic acids is 1. The van der Waals surface area contributed by atoms with Crippen LogP contribution in [0.3, 0.4) is 0 Å². The van der Waals surface area contributed by atoms with Crippen molar-refractivity contribution in [3.05, 3.63) is 0 Å². The van der Waals surface area contributed by atoms with E-state index in [9.17, 15) is 4.79 Å². The molecule has 2 N–H and O–H groups in total. The van der Waals surface area contributed by atoms with Crippen LogP contribution >= 0.6 is 24.0 Å². The van der Waals surface area contributed by atoms with Crippen LogP contribution in [0, 0.1) is 11.3 Å². The fraction of sp³-hybridized carbons (Fsp3) is 0.895. The lowest BCUT2D eigenvalue weighted by atomic mass is 9.78. The smallest absolute Gasteiger partial charge is 0.243 e. The number of unbranched alkanes of at least 4 members (excludes halogenated alkanes) is 1. The molecule has 1 aliphatic rings. The molecule has 26 heavy (non-hydrogen) atoms. The van der Waals surface area contributed by atoms with Crippen LogP contribution in [0.25, 0.3) is 0 Å². The Labute approximate surface area is 176 Å². The molecule has 6 nitrogen and oxygen atoms in total. The summed E-state index contributed by atoms with van der Waals surface area (Å²) in [5, 5.41) is 6.77. The number of guanidine groups is 1. The molecule has 0 aromatic rings. The van der Waals surface area contributed by atoms with Gasteiger partial charge in [0, 0.05) is 39.7 Å². The Kier molecular flexibility index (Phi) is 12.5. The Hall–Kier alpha value is -0.570. The molecular weight excluding hydrogens is 443 g/mol. The lowest BCUT2D eigenvalue weighted by Gasteiger charge is -2.40. The first-order valence-corrected chi connectivity index (χ1v) is 9.59. The third-order valence-electron chi connectivity index (χ3n) is 4.52. The van der Waals surface area contributed by atoms with Gasteiger partial charge < -0.3 is 20.3 Å². The van der Waals surface area contributed by atoms with Gasteiger partial charge in [0.15, 0.2) is 5.96 Å². The van der Waals surface area contributed by atoms with Gasteiger partial charge in [0.05, 0.1) is 6.10 Å². The van der Waals surface area contributed by atoms with Crippen molar-refractivity contribution in [3.8, 4) is 0 Å². The van der Waals surface area contributed by atoms with E-state index in [1.807, 2.05) is 0 Å². The number of aliphatic imine (C=N–C) groups is 1. The summed E-state index contributed by atoms with van der Waals surface area (Å²) in [6, 6.07) is 0. The van der Waals surface area contributed by atoms with E-state index >= 15 is 0 Å². The zero-order chi connectivity index (χ0) is 18.9. The number of nitrogens with zero attached hydrogens (tertiary/aromatic N) is 2. The molecule has 1 aliphatic heterocycles. The quantitative estimate of drug-likeness (QED) is 0.254. The van der Waals surface area contributed by atoms with Crippen LogP contribution in [0.2, 0.25) is 0 Å². The van der Waals surface area contributed by atoms with Gasteiger partial charge in [-0.2, -0.15) is 0 Å². The summed E-state index contributed by atoms with van der Waals surface area (Å²) >= 11 is 0. The van der Waals surface area contributed by atoms with Gasteiger partial charge in [0.2, 0.25) is 5.91 Å². The zero-order valence-corrected chi connectivity index (χ0v) is 19.8. The van der Waals surface area contributed by atoms with Crippen LogP contribution in [0.1, 0.15) is 53.4 Å². The Bertz CT molecular complexity index is 436. The summed E-state index contributed by atoms with van der Waals surface area (Å²) in [6.45, 7) is 11.6. The average Bonchev–Trinajstić information content (AvgIpc) is 2.56. The van der Waals surface area contributed by atoms with Crippen molar-refractivity contribution in [3.63, 3.8) is 0 Å². The van der Waals surface area contributed by atoms with E-state index in [0.29, 0.717) is 5.92 Å². The number of carbonyl (C=O) groups is 1. The van der Waals surface area contributed by atoms with Crippen LogP contribution in [0.4, 0.5) is 0 Å². The number of amides is 1. The average molecular weight is 482 g/mol. The molecule has 154 valence electrons. The normalized spacial score (nSPS) is 20.9. The maximum atomic E-state index is 11.8. The van der Waals surface area contributed by atoms with Crippen molar-refractivity contribution in [1.29, 1.82) is 0 Å². The molecule has 0 aromatic heterocycles. The summed E-state index contributed by atoms with van der Waals surface area (Å²) in [6.07, 6.45) is 4.72. The summed E-state index contributed by atoms with van der Waals surface area (Å²) in [7, 11) is 3.51. The summed E-state index contributed by atoms with van der Waals surface area (Å²) in [4.78, 5) is 17.8. The van der Waals surface area contributed by atoms with Crippen molar-refractivity contribution in [2.75, 3.05) is 40.3 Å². The fourth-order valence-corrected chi connectivity index (χ4v) is 3.08. The first kappa shape index (κ1) is 25.4. The van der Waals surface area contributed by atoms with Gasteiger partial charge in [-0.15, -0.1) is 24.0 Å². The monoisotopic (exact) mass is 482 g/mol. The molecule has 0 aliphatic carbocycles. The molecule has 1 saturated heterocycles. The van der Waals surface area contributed by atoms with Crippen LogP contribution in [-0.2, 0) is 9.53 Å². The number of likely N-dealkylation sites (N-methyl/N-ethyl adjacent to an activating group) is 1. The van der Waals surface area contributed by atoms with E-state index in [1.165, 1.54) is 0 Å². The molecule has 0 aromatic carbocycles. The number of halogens is 1. The van der Waals surface area contributed by atoms with Gasteiger partial charge in [0.1, 0.15) is 6.54 Å². The molecule has 7 heteroatoms. The standard InChI is InChI=1S/C19H38N4O2.HI/c1-7-8-11-20-18(22-14-16(24)23(5)6)21-13-15-10-9-12-25-17(15)19(2,3)4;/h15,17H,7-14H2,1-6H3,(H2,20,21,22);1H. The molecule has 2 atom stereocenters. The van der Waals surface area contributed by atoms with Crippen LogP contribution in [-0.4, -0.2) is 63.2 Å². The summed E-state index contributed by atoms with van der Waals surface area (Å²) < 4.78 is 6.05. The van der Waals surface area contributed by atoms with E-state index in [0.717, 1.165) is 51.3 Å². The van der Waals surface area contributed by atoms with Gasteiger partial charge in [-0.3, -0.25) is 4.79 Å². The van der Waals surface area contributed by atoms with E-state index < -0.39 is 0 Å². The largest absolute Gasteiger partial charge is 0.377 e. The highest BCUT2D eigenvalue weighted by molar-refractivity contribution is 14.0. The lowest BCUT2D eigenvalue weighted by Crippen LogP contribution is -2.47. The van der Waals surface area contributed by atoms with Crippen molar-refractivity contribution < 1.29 is 9.53 Å².